The predicted octanol–water partition coefficient (Wildman–Crippen LogP) is 8.04. The van der Waals surface area contributed by atoms with Crippen molar-refractivity contribution in [2.75, 3.05) is 24.9 Å². The van der Waals surface area contributed by atoms with Gasteiger partial charge >= 0.3 is 0 Å². The Morgan fingerprint density at radius 2 is 0.938 bits per heavy atom. The number of carbonyl (C=O) groups is 4. The van der Waals surface area contributed by atoms with E-state index in [9.17, 15) is 19.2 Å². The van der Waals surface area contributed by atoms with Gasteiger partial charge in [-0.2, -0.15) is 20.5 Å². The predicted molar refractivity (Wildman–Crippen MR) is 183 cm³/mol. The summed E-state index contributed by atoms with van der Waals surface area (Å²) in [6.07, 6.45) is 0. The van der Waals surface area contributed by atoms with Crippen molar-refractivity contribution in [2.45, 2.75) is 25.9 Å². The minimum atomic E-state index is -1.39. The summed E-state index contributed by atoms with van der Waals surface area (Å²) in [4.78, 5) is 50.0. The topological polar surface area (TPSA) is 160 Å². The van der Waals surface area contributed by atoms with E-state index < -0.39 is 35.5 Å². The van der Waals surface area contributed by atoms with Crippen molar-refractivity contribution in [3.8, 4) is 22.6 Å². The highest BCUT2D eigenvalue weighted by atomic mass is 35.5. The maximum atomic E-state index is 12.8. The smallest absolute Gasteiger partial charge is 0.258 e. The third kappa shape index (κ3) is 9.30. The van der Waals surface area contributed by atoms with Crippen molar-refractivity contribution >= 4 is 69.3 Å². The first-order chi connectivity index (χ1) is 23.0. The van der Waals surface area contributed by atoms with E-state index in [1.807, 2.05) is 0 Å². The minimum Gasteiger partial charge on any atom is -0.494 e. The molecule has 48 heavy (non-hydrogen) atoms. The number of ether oxygens (including phenoxy) is 2. The molecule has 4 rings (SSSR count). The molecule has 2 unspecified atom stereocenters. The van der Waals surface area contributed by atoms with E-state index in [0.29, 0.717) is 44.0 Å². The van der Waals surface area contributed by atoms with Crippen LogP contribution in [0, 0.1) is 0 Å². The molecule has 0 bridgehead atoms. The summed E-state index contributed by atoms with van der Waals surface area (Å²) < 4.78 is 11.0. The standard InChI is InChI=1S/C34H30Cl2N6O6/c1-19(43)31(33(45)37-25-11-7-23(35)8-12-25)41-39-27-15-5-21(17-29(27)47-3)22-6-16-28(30(18-22)48-4)40-42-32(20(2)44)34(46)38-26-13-9-24(36)10-14-26/h5-18,31-32H,1-4H3,(H,37,45)(H,38,46). The summed E-state index contributed by atoms with van der Waals surface area (Å²) in [5.41, 5.74) is 2.90. The molecule has 0 aliphatic carbocycles. The molecule has 0 spiro atoms. The molecule has 14 heteroatoms. The van der Waals surface area contributed by atoms with Crippen LogP contribution in [-0.4, -0.2) is 49.7 Å². The van der Waals surface area contributed by atoms with E-state index >= 15 is 0 Å². The molecule has 2 N–H and O–H groups in total. The minimum absolute atomic E-state index is 0.288. The van der Waals surface area contributed by atoms with Crippen LogP contribution in [0.4, 0.5) is 22.7 Å². The molecule has 12 nitrogen and oxygen atoms in total. The van der Waals surface area contributed by atoms with Crippen LogP contribution in [0.2, 0.25) is 10.0 Å². The molecule has 0 heterocycles. The van der Waals surface area contributed by atoms with Gasteiger partial charge in [-0.3, -0.25) is 19.2 Å². The molecule has 246 valence electrons. The number of methoxy groups -OCH3 is 2. The van der Waals surface area contributed by atoms with E-state index in [-0.39, 0.29) is 11.4 Å². The second-order valence-electron chi connectivity index (χ2n) is 10.2. The molecule has 0 aromatic heterocycles. The van der Waals surface area contributed by atoms with Crippen LogP contribution in [0.3, 0.4) is 0 Å². The summed E-state index contributed by atoms with van der Waals surface area (Å²) in [5.74, 6) is -1.63. The van der Waals surface area contributed by atoms with E-state index in [0.717, 1.165) is 0 Å². The number of Topliss-reactive ketones (excluding diaryl/α,β-unsaturated/α-hetero) is 2. The van der Waals surface area contributed by atoms with Crippen LogP contribution < -0.4 is 20.1 Å². The molecular formula is C34H30Cl2N6O6. The van der Waals surface area contributed by atoms with Gasteiger partial charge in [0, 0.05) is 21.4 Å². The van der Waals surface area contributed by atoms with Gasteiger partial charge in [-0.15, -0.1) is 0 Å². The molecule has 0 fully saturated rings. The Bertz CT molecular complexity index is 1740. The number of carbonyl (C=O) groups excluding carboxylic acids is 4. The molecule has 0 saturated carbocycles. The molecule has 0 aliphatic heterocycles. The highest BCUT2D eigenvalue weighted by Gasteiger charge is 2.25. The van der Waals surface area contributed by atoms with Gasteiger partial charge in [0.2, 0.25) is 12.1 Å². The summed E-state index contributed by atoms with van der Waals surface area (Å²) in [7, 11) is 2.90. The molecule has 2 amide bonds. The first-order valence-corrected chi connectivity index (χ1v) is 15.1. The first kappa shape index (κ1) is 35.4. The molecule has 4 aromatic rings. The fraction of sp³-hybridized carbons (Fsp3) is 0.176. The fourth-order valence-electron chi connectivity index (χ4n) is 4.24. The molecular weight excluding hydrogens is 659 g/mol. The third-order valence-electron chi connectivity index (χ3n) is 6.75. The number of rotatable bonds is 13. The zero-order valence-electron chi connectivity index (χ0n) is 26.2. The zero-order chi connectivity index (χ0) is 34.8. The molecule has 0 radical (unpaired) electrons. The van der Waals surface area contributed by atoms with Crippen LogP contribution >= 0.6 is 23.2 Å². The van der Waals surface area contributed by atoms with Crippen molar-refractivity contribution in [3.05, 3.63) is 95.0 Å². The van der Waals surface area contributed by atoms with Gasteiger partial charge in [0.1, 0.15) is 22.9 Å². The lowest BCUT2D eigenvalue weighted by atomic mass is 10.0. The van der Waals surface area contributed by atoms with Gasteiger partial charge in [0.15, 0.2) is 11.6 Å². The quantitative estimate of drug-likeness (QED) is 0.107. The maximum absolute atomic E-state index is 12.8. The van der Waals surface area contributed by atoms with E-state index in [4.69, 9.17) is 32.7 Å². The largest absolute Gasteiger partial charge is 0.494 e. The number of amides is 2. The van der Waals surface area contributed by atoms with E-state index in [2.05, 4.69) is 31.1 Å². The van der Waals surface area contributed by atoms with Crippen LogP contribution in [0.5, 0.6) is 11.5 Å². The molecule has 2 atom stereocenters. The number of halogens is 2. The Balaban J connectivity index is 1.52. The average molecular weight is 690 g/mol. The number of azo groups is 2. The second kappa shape index (κ2) is 16.4. The first-order valence-electron chi connectivity index (χ1n) is 14.3. The second-order valence-corrected chi connectivity index (χ2v) is 11.1. The Morgan fingerprint density at radius 3 is 1.25 bits per heavy atom. The van der Waals surface area contributed by atoms with Crippen LogP contribution in [-0.2, 0) is 19.2 Å². The highest BCUT2D eigenvalue weighted by Crippen LogP contribution is 2.37. The van der Waals surface area contributed by atoms with Crippen molar-refractivity contribution < 1.29 is 28.7 Å². The molecule has 4 aromatic carbocycles. The number of benzene rings is 4. The lowest BCUT2D eigenvalue weighted by molar-refractivity contribution is -0.127. The number of nitrogens with zero attached hydrogens (tertiary/aromatic N) is 4. The van der Waals surface area contributed by atoms with Gasteiger partial charge in [0.05, 0.1) is 14.2 Å². The van der Waals surface area contributed by atoms with Gasteiger partial charge in [-0.25, -0.2) is 0 Å². The normalized spacial score (nSPS) is 12.4. The number of nitrogens with one attached hydrogen (secondary N) is 2. The summed E-state index contributed by atoms with van der Waals surface area (Å²) >= 11 is 11.8. The fourth-order valence-corrected chi connectivity index (χ4v) is 4.50. The summed E-state index contributed by atoms with van der Waals surface area (Å²) in [6, 6.07) is 20.2. The number of hydrogen-bond acceptors (Lipinski definition) is 10. The lowest BCUT2D eigenvalue weighted by Crippen LogP contribution is -2.31. The van der Waals surface area contributed by atoms with E-state index in [1.165, 1.54) is 28.1 Å². The Kier molecular flexibility index (Phi) is 12.1. The maximum Gasteiger partial charge on any atom is 0.258 e. The molecule has 0 saturated heterocycles. The van der Waals surface area contributed by atoms with Gasteiger partial charge in [-0.1, -0.05) is 35.3 Å². The van der Waals surface area contributed by atoms with Crippen molar-refractivity contribution in [3.63, 3.8) is 0 Å². The Morgan fingerprint density at radius 1 is 0.583 bits per heavy atom. The Labute approximate surface area is 286 Å². The molecule has 0 aliphatic rings. The average Bonchev–Trinajstić information content (AvgIpc) is 3.06. The van der Waals surface area contributed by atoms with Gasteiger partial charge < -0.3 is 20.1 Å². The summed E-state index contributed by atoms with van der Waals surface area (Å²) in [5, 5.41) is 22.5. The monoisotopic (exact) mass is 688 g/mol. The van der Waals surface area contributed by atoms with Crippen LogP contribution in [0.1, 0.15) is 13.8 Å². The van der Waals surface area contributed by atoms with Crippen LogP contribution in [0.15, 0.2) is 105 Å². The van der Waals surface area contributed by atoms with Crippen molar-refractivity contribution in [1.29, 1.82) is 0 Å². The lowest BCUT2D eigenvalue weighted by Gasteiger charge is -2.12. The zero-order valence-corrected chi connectivity index (χ0v) is 27.7. The van der Waals surface area contributed by atoms with Crippen molar-refractivity contribution in [1.82, 2.24) is 0 Å². The number of anilines is 2. The number of ketones is 2. The third-order valence-corrected chi connectivity index (χ3v) is 7.25. The number of hydrogen-bond donors (Lipinski definition) is 2. The van der Waals surface area contributed by atoms with E-state index in [1.54, 1.807) is 84.9 Å². The van der Waals surface area contributed by atoms with Crippen molar-refractivity contribution in [2.24, 2.45) is 20.5 Å². The Hall–Kier alpha value is -5.46. The van der Waals surface area contributed by atoms with Gasteiger partial charge in [-0.05, 0) is 97.8 Å². The highest BCUT2D eigenvalue weighted by molar-refractivity contribution is 6.31. The van der Waals surface area contributed by atoms with Crippen LogP contribution in [0.25, 0.3) is 11.1 Å². The van der Waals surface area contributed by atoms with Gasteiger partial charge in [0.25, 0.3) is 11.8 Å². The SMILES string of the molecule is COc1cc(-c2ccc(N=NC(C(C)=O)C(=O)Nc3ccc(Cl)cc3)c(OC)c2)ccc1N=NC(C(C)=O)C(=O)Nc1ccc(Cl)cc1. The summed E-state index contributed by atoms with van der Waals surface area (Å²) in [6.45, 7) is 2.50.